The summed E-state index contributed by atoms with van der Waals surface area (Å²) in [4.78, 5) is 13.0. The Kier molecular flexibility index (Phi) is 3.75. The van der Waals surface area contributed by atoms with Gasteiger partial charge in [0.05, 0.1) is 4.92 Å². The summed E-state index contributed by atoms with van der Waals surface area (Å²) in [6.07, 6.45) is 0.996. The van der Waals surface area contributed by atoms with Crippen LogP contribution in [0.25, 0.3) is 0 Å². The smallest absolute Gasteiger partial charge is 0.333 e. The van der Waals surface area contributed by atoms with Crippen molar-refractivity contribution in [2.75, 3.05) is 25.0 Å². The van der Waals surface area contributed by atoms with Crippen molar-refractivity contribution in [3.63, 3.8) is 0 Å². The quantitative estimate of drug-likeness (QED) is 0.660. The maximum absolute atomic E-state index is 11.3. The molecule has 1 atom stereocenters. The van der Waals surface area contributed by atoms with E-state index in [1.54, 1.807) is 11.6 Å². The van der Waals surface area contributed by atoms with E-state index in [1.807, 2.05) is 25.8 Å². The van der Waals surface area contributed by atoms with Crippen molar-refractivity contribution in [1.82, 2.24) is 15.1 Å². The van der Waals surface area contributed by atoms with Gasteiger partial charge in [0.25, 0.3) is 0 Å². The third-order valence-corrected chi connectivity index (χ3v) is 3.62. The highest BCUT2D eigenvalue weighted by Crippen LogP contribution is 2.34. The number of likely N-dealkylation sites (N-methyl/N-ethyl adjacent to an activating group) is 1. The van der Waals surface area contributed by atoms with Crippen LogP contribution in [0.15, 0.2) is 0 Å². The Morgan fingerprint density at radius 3 is 2.74 bits per heavy atom. The van der Waals surface area contributed by atoms with Gasteiger partial charge in [-0.2, -0.15) is 5.10 Å². The van der Waals surface area contributed by atoms with Crippen LogP contribution < -0.4 is 10.2 Å². The highest BCUT2D eigenvalue weighted by Gasteiger charge is 2.32. The molecular formula is C12H21N5O2. The Morgan fingerprint density at radius 2 is 2.26 bits per heavy atom. The van der Waals surface area contributed by atoms with E-state index in [1.165, 1.54) is 0 Å². The first-order valence-corrected chi connectivity index (χ1v) is 6.60. The summed E-state index contributed by atoms with van der Waals surface area (Å²) >= 11 is 0. The number of aryl methyl sites for hydroxylation is 1. The van der Waals surface area contributed by atoms with Gasteiger partial charge in [-0.1, -0.05) is 0 Å². The predicted molar refractivity (Wildman–Crippen MR) is 73.7 cm³/mol. The average Bonchev–Trinajstić information content (AvgIpc) is 2.94. The highest BCUT2D eigenvalue weighted by molar-refractivity contribution is 5.62. The molecule has 0 aliphatic carbocycles. The van der Waals surface area contributed by atoms with Crippen LogP contribution in [0.3, 0.4) is 0 Å². The van der Waals surface area contributed by atoms with Crippen molar-refractivity contribution < 1.29 is 4.92 Å². The predicted octanol–water partition coefficient (Wildman–Crippen LogP) is 1.48. The fourth-order valence-electron chi connectivity index (χ4n) is 2.57. The zero-order chi connectivity index (χ0) is 14.2. The zero-order valence-corrected chi connectivity index (χ0v) is 11.9. The normalized spacial score (nSPS) is 19.1. The van der Waals surface area contributed by atoms with Crippen molar-refractivity contribution in [3.05, 3.63) is 15.8 Å². The molecule has 0 saturated carbocycles. The third kappa shape index (κ3) is 2.42. The molecule has 7 heteroatoms. The van der Waals surface area contributed by atoms with Crippen molar-refractivity contribution >= 4 is 11.5 Å². The summed E-state index contributed by atoms with van der Waals surface area (Å²) in [5.41, 5.74) is 0.606. The molecule has 1 aliphatic heterocycles. The highest BCUT2D eigenvalue weighted by atomic mass is 16.6. The lowest BCUT2D eigenvalue weighted by atomic mass is 10.2. The molecule has 1 aromatic heterocycles. The molecule has 1 fully saturated rings. The minimum Gasteiger partial charge on any atom is -0.350 e. The van der Waals surface area contributed by atoms with Gasteiger partial charge in [-0.05, 0) is 33.7 Å². The van der Waals surface area contributed by atoms with Gasteiger partial charge in [0.15, 0.2) is 0 Å². The van der Waals surface area contributed by atoms with Crippen LogP contribution in [0.5, 0.6) is 0 Å². The molecule has 1 N–H and O–H groups in total. The van der Waals surface area contributed by atoms with Crippen LogP contribution >= 0.6 is 0 Å². The first kappa shape index (κ1) is 13.8. The molecular weight excluding hydrogens is 246 g/mol. The number of hydrogen-bond donors (Lipinski definition) is 1. The second kappa shape index (κ2) is 5.16. The first-order chi connectivity index (χ1) is 8.93. The molecule has 106 valence electrons. The minimum atomic E-state index is -0.324. The van der Waals surface area contributed by atoms with E-state index >= 15 is 0 Å². The summed E-state index contributed by atoms with van der Waals surface area (Å²) in [7, 11) is 1.92. The Balaban J connectivity index is 2.48. The molecule has 0 amide bonds. The molecule has 7 nitrogen and oxygen atoms in total. The number of rotatable bonds is 4. The largest absolute Gasteiger partial charge is 0.350 e. The van der Waals surface area contributed by atoms with Gasteiger partial charge < -0.3 is 10.2 Å². The van der Waals surface area contributed by atoms with Crippen molar-refractivity contribution in [1.29, 1.82) is 0 Å². The lowest BCUT2D eigenvalue weighted by Crippen LogP contribution is -2.35. The lowest BCUT2D eigenvalue weighted by Gasteiger charge is -2.26. The molecule has 1 aliphatic rings. The lowest BCUT2D eigenvalue weighted by molar-refractivity contribution is -0.384. The van der Waals surface area contributed by atoms with Crippen LogP contribution in [0.1, 0.15) is 32.0 Å². The van der Waals surface area contributed by atoms with E-state index in [0.29, 0.717) is 11.5 Å². The monoisotopic (exact) mass is 267 g/mol. The van der Waals surface area contributed by atoms with Crippen LogP contribution in [0.2, 0.25) is 0 Å². The second-order valence-electron chi connectivity index (χ2n) is 5.31. The molecule has 19 heavy (non-hydrogen) atoms. The molecule has 2 heterocycles. The molecule has 0 radical (unpaired) electrons. The third-order valence-electron chi connectivity index (χ3n) is 3.62. The molecule has 0 spiro atoms. The molecule has 0 bridgehead atoms. The fourth-order valence-corrected chi connectivity index (χ4v) is 2.57. The van der Waals surface area contributed by atoms with Gasteiger partial charge in [-0.3, -0.25) is 10.1 Å². The van der Waals surface area contributed by atoms with E-state index in [0.717, 1.165) is 19.5 Å². The van der Waals surface area contributed by atoms with Gasteiger partial charge in [0, 0.05) is 25.7 Å². The van der Waals surface area contributed by atoms with E-state index in [4.69, 9.17) is 0 Å². The average molecular weight is 267 g/mol. The van der Waals surface area contributed by atoms with Gasteiger partial charge in [-0.15, -0.1) is 0 Å². The standard InChI is InChI=1S/C12H21N5O2/c1-8(2)16-12(11(17(18)19)9(3)14-16)15(4)10-5-6-13-7-10/h8,10,13H,5-7H2,1-4H3. The van der Waals surface area contributed by atoms with Crippen LogP contribution in [0, 0.1) is 17.0 Å². The second-order valence-corrected chi connectivity index (χ2v) is 5.31. The van der Waals surface area contributed by atoms with Crippen molar-refractivity contribution in [2.45, 2.75) is 39.3 Å². The maximum atomic E-state index is 11.3. The molecule has 1 aromatic rings. The summed E-state index contributed by atoms with van der Waals surface area (Å²) in [5.74, 6) is 0.617. The number of hydrogen-bond acceptors (Lipinski definition) is 5. The molecule has 1 unspecified atom stereocenters. The Bertz CT molecular complexity index is 477. The van der Waals surface area contributed by atoms with E-state index in [9.17, 15) is 10.1 Å². The molecule has 2 rings (SSSR count). The zero-order valence-electron chi connectivity index (χ0n) is 11.9. The van der Waals surface area contributed by atoms with E-state index in [2.05, 4.69) is 10.4 Å². The van der Waals surface area contributed by atoms with Gasteiger partial charge >= 0.3 is 5.69 Å². The number of aromatic nitrogens is 2. The van der Waals surface area contributed by atoms with E-state index in [-0.39, 0.29) is 22.7 Å². The Labute approximate surface area is 112 Å². The Morgan fingerprint density at radius 1 is 1.58 bits per heavy atom. The van der Waals surface area contributed by atoms with Gasteiger partial charge in [0.1, 0.15) is 5.69 Å². The maximum Gasteiger partial charge on any atom is 0.333 e. The molecule has 1 saturated heterocycles. The van der Waals surface area contributed by atoms with Crippen molar-refractivity contribution in [2.24, 2.45) is 0 Å². The fraction of sp³-hybridized carbons (Fsp3) is 0.750. The van der Waals surface area contributed by atoms with Crippen LogP contribution in [-0.2, 0) is 0 Å². The van der Waals surface area contributed by atoms with Crippen molar-refractivity contribution in [3.8, 4) is 0 Å². The van der Waals surface area contributed by atoms with E-state index < -0.39 is 0 Å². The number of nitrogens with one attached hydrogen (secondary N) is 1. The molecule has 0 aromatic carbocycles. The number of anilines is 1. The SMILES string of the molecule is Cc1nn(C(C)C)c(N(C)C2CCNC2)c1[N+](=O)[O-]. The van der Waals surface area contributed by atoms with Gasteiger partial charge in [-0.25, -0.2) is 4.68 Å². The minimum absolute atomic E-state index is 0.0965. The van der Waals surface area contributed by atoms with Gasteiger partial charge in [0.2, 0.25) is 5.82 Å². The first-order valence-electron chi connectivity index (χ1n) is 6.60. The summed E-state index contributed by atoms with van der Waals surface area (Å²) in [5, 5.41) is 18.9. The van der Waals surface area contributed by atoms with Crippen LogP contribution in [-0.4, -0.2) is 40.9 Å². The summed E-state index contributed by atoms with van der Waals surface area (Å²) in [6, 6.07) is 0.381. The Hall–Kier alpha value is -1.63. The number of nitrogens with zero attached hydrogens (tertiary/aromatic N) is 4. The number of nitro groups is 1. The summed E-state index contributed by atoms with van der Waals surface area (Å²) < 4.78 is 1.76. The summed E-state index contributed by atoms with van der Waals surface area (Å²) in [6.45, 7) is 7.48. The van der Waals surface area contributed by atoms with Crippen LogP contribution in [0.4, 0.5) is 11.5 Å². The topological polar surface area (TPSA) is 76.2 Å².